The highest BCUT2D eigenvalue weighted by molar-refractivity contribution is 7.33. The van der Waals surface area contributed by atoms with Gasteiger partial charge in [0.05, 0.1) is 0 Å². The summed E-state index contributed by atoms with van der Waals surface area (Å²) in [7, 11) is -0.318. The second kappa shape index (κ2) is 3.39. The van der Waals surface area contributed by atoms with Crippen LogP contribution in [0.1, 0.15) is 6.92 Å². The van der Waals surface area contributed by atoms with Crippen molar-refractivity contribution in [3.05, 3.63) is 0 Å². The highest BCUT2D eigenvalue weighted by Gasteiger charge is 2.37. The van der Waals surface area contributed by atoms with Crippen LogP contribution in [-0.4, -0.2) is 25.9 Å². The van der Waals surface area contributed by atoms with E-state index in [1.165, 1.54) is 0 Å². The van der Waals surface area contributed by atoms with Crippen LogP contribution in [0.4, 0.5) is 0 Å². The van der Waals surface area contributed by atoms with Gasteiger partial charge in [-0.3, -0.25) is 0 Å². The third-order valence-electron chi connectivity index (χ3n) is 1.42. The largest absolute Gasteiger partial charge is 0.697 e. The van der Waals surface area contributed by atoms with Gasteiger partial charge < -0.3 is 4.74 Å². The maximum Gasteiger partial charge on any atom is 0.697 e. The molecule has 0 saturated carbocycles. The highest BCUT2D eigenvalue weighted by atomic mass is 31.1. The van der Waals surface area contributed by atoms with Crippen LogP contribution in [0.15, 0.2) is 0 Å². The molecule has 0 N–H and O–H groups in total. The van der Waals surface area contributed by atoms with E-state index in [-0.39, 0.29) is 12.2 Å². The molecule has 1 saturated heterocycles. The number of ether oxygens (including phenoxy) is 1. The van der Waals surface area contributed by atoms with Crippen molar-refractivity contribution in [2.45, 2.75) is 19.1 Å². The van der Waals surface area contributed by atoms with Crippen molar-refractivity contribution in [3.63, 3.8) is 0 Å². The minimum atomic E-state index is -1.89. The number of methoxy groups -OCH3 is 1. The van der Waals surface area contributed by atoms with Crippen molar-refractivity contribution in [3.8, 4) is 0 Å². The van der Waals surface area contributed by atoms with Crippen molar-refractivity contribution < 1.29 is 18.3 Å². The normalized spacial score (nSPS) is 38.0. The van der Waals surface area contributed by atoms with Gasteiger partial charge in [-0.15, -0.1) is 9.05 Å². The summed E-state index contributed by atoms with van der Waals surface area (Å²) < 4.78 is 25.1. The van der Waals surface area contributed by atoms with Crippen molar-refractivity contribution >= 4 is 8.25 Å². The lowest BCUT2D eigenvalue weighted by molar-refractivity contribution is -0.0470. The van der Waals surface area contributed by atoms with Crippen LogP contribution in [0.5, 0.6) is 0 Å². The molecule has 0 bridgehead atoms. The van der Waals surface area contributed by atoms with Gasteiger partial charge in [-0.25, -0.2) is 0 Å². The molecular formula is C5H10O4P+. The molecule has 1 heterocycles. The predicted octanol–water partition coefficient (Wildman–Crippen LogP) is 1.09. The van der Waals surface area contributed by atoms with E-state index < -0.39 is 8.25 Å². The third kappa shape index (κ3) is 1.73. The van der Waals surface area contributed by atoms with E-state index in [4.69, 9.17) is 13.8 Å². The minimum Gasteiger partial charge on any atom is -0.376 e. The van der Waals surface area contributed by atoms with Gasteiger partial charge in [0.2, 0.25) is 0 Å². The summed E-state index contributed by atoms with van der Waals surface area (Å²) in [5, 5.41) is 0. The van der Waals surface area contributed by atoms with Crippen molar-refractivity contribution in [1.82, 2.24) is 0 Å². The van der Waals surface area contributed by atoms with Crippen LogP contribution >= 0.6 is 8.25 Å². The van der Waals surface area contributed by atoms with Gasteiger partial charge in [0.1, 0.15) is 18.8 Å². The van der Waals surface area contributed by atoms with Crippen LogP contribution in [0, 0.1) is 0 Å². The smallest absolute Gasteiger partial charge is 0.376 e. The van der Waals surface area contributed by atoms with Crippen molar-refractivity contribution in [2.24, 2.45) is 0 Å². The SMILES string of the molecule is CO[C@@H]1CO[P+](=O)OC1C. The Morgan fingerprint density at radius 1 is 1.70 bits per heavy atom. The molecule has 5 heteroatoms. The minimum absolute atomic E-state index is 0.0901. The zero-order valence-electron chi connectivity index (χ0n) is 5.94. The van der Waals surface area contributed by atoms with Crippen LogP contribution in [0.2, 0.25) is 0 Å². The quantitative estimate of drug-likeness (QED) is 0.545. The van der Waals surface area contributed by atoms with E-state index in [1.807, 2.05) is 6.92 Å². The monoisotopic (exact) mass is 165 g/mol. The van der Waals surface area contributed by atoms with E-state index in [9.17, 15) is 4.57 Å². The van der Waals surface area contributed by atoms with Crippen LogP contribution < -0.4 is 0 Å². The fourth-order valence-electron chi connectivity index (χ4n) is 0.764. The summed E-state index contributed by atoms with van der Waals surface area (Å²) in [4.78, 5) is 0. The molecule has 1 rings (SSSR count). The molecule has 0 aromatic rings. The first-order valence-electron chi connectivity index (χ1n) is 3.03. The van der Waals surface area contributed by atoms with Gasteiger partial charge in [0.15, 0.2) is 0 Å². The highest BCUT2D eigenvalue weighted by Crippen LogP contribution is 2.32. The molecule has 1 fully saturated rings. The average molecular weight is 165 g/mol. The lowest BCUT2D eigenvalue weighted by atomic mass is 10.2. The zero-order chi connectivity index (χ0) is 7.56. The molecular weight excluding hydrogens is 155 g/mol. The van der Waals surface area contributed by atoms with Gasteiger partial charge >= 0.3 is 8.25 Å². The lowest BCUT2D eigenvalue weighted by Gasteiger charge is -2.18. The summed E-state index contributed by atoms with van der Waals surface area (Å²) in [6.45, 7) is 2.16. The molecule has 0 spiro atoms. The van der Waals surface area contributed by atoms with Crippen molar-refractivity contribution in [1.29, 1.82) is 0 Å². The lowest BCUT2D eigenvalue weighted by Crippen LogP contribution is -2.33. The molecule has 0 aromatic carbocycles. The Kier molecular flexibility index (Phi) is 2.74. The molecule has 4 nitrogen and oxygen atoms in total. The fraction of sp³-hybridized carbons (Fsp3) is 1.00. The first kappa shape index (κ1) is 8.08. The second-order valence-corrected chi connectivity index (χ2v) is 3.02. The first-order valence-corrected chi connectivity index (χ1v) is 4.13. The Labute approximate surface area is 60.4 Å². The number of hydrogen-bond acceptors (Lipinski definition) is 4. The first-order chi connectivity index (χ1) is 4.74. The predicted molar refractivity (Wildman–Crippen MR) is 34.9 cm³/mol. The van der Waals surface area contributed by atoms with Crippen LogP contribution in [-0.2, 0) is 18.3 Å². The van der Waals surface area contributed by atoms with E-state index >= 15 is 0 Å². The van der Waals surface area contributed by atoms with E-state index in [0.29, 0.717) is 6.61 Å². The summed E-state index contributed by atoms with van der Waals surface area (Å²) in [6, 6.07) is 0. The van der Waals surface area contributed by atoms with Gasteiger partial charge in [0, 0.05) is 11.7 Å². The maximum atomic E-state index is 10.6. The van der Waals surface area contributed by atoms with Crippen LogP contribution in [0.25, 0.3) is 0 Å². The standard InChI is InChI=1S/C5H10O4P/c1-4-5(7-2)3-8-10(6)9-4/h4-5H,3H2,1-2H3/q+1/t4?,5-/m1/s1. The van der Waals surface area contributed by atoms with Crippen molar-refractivity contribution in [2.75, 3.05) is 13.7 Å². The van der Waals surface area contributed by atoms with E-state index in [1.54, 1.807) is 7.11 Å². The zero-order valence-corrected chi connectivity index (χ0v) is 6.84. The molecule has 58 valence electrons. The summed E-state index contributed by atoms with van der Waals surface area (Å²) in [5.41, 5.74) is 0. The molecule has 2 unspecified atom stereocenters. The molecule has 10 heavy (non-hydrogen) atoms. The molecule has 3 atom stereocenters. The Morgan fingerprint density at radius 2 is 2.40 bits per heavy atom. The third-order valence-corrected chi connectivity index (χ3v) is 2.29. The van der Waals surface area contributed by atoms with Gasteiger partial charge in [-0.2, -0.15) is 0 Å². The maximum absolute atomic E-state index is 10.6. The number of rotatable bonds is 1. The Hall–Kier alpha value is -0.0200. The Bertz CT molecular complexity index is 138. The van der Waals surface area contributed by atoms with Gasteiger partial charge in [-0.05, 0) is 6.92 Å². The van der Waals surface area contributed by atoms with Gasteiger partial charge in [0.25, 0.3) is 0 Å². The average Bonchev–Trinajstić information content (AvgIpc) is 1.88. The van der Waals surface area contributed by atoms with E-state index in [0.717, 1.165) is 0 Å². The molecule has 0 aromatic heterocycles. The second-order valence-electron chi connectivity index (χ2n) is 2.10. The molecule has 0 amide bonds. The molecule has 0 aliphatic carbocycles. The Balaban J connectivity index is 2.43. The molecule has 0 radical (unpaired) electrons. The van der Waals surface area contributed by atoms with Crippen LogP contribution in [0.3, 0.4) is 0 Å². The fourth-order valence-corrected chi connectivity index (χ4v) is 1.50. The summed E-state index contributed by atoms with van der Waals surface area (Å²) >= 11 is 0. The van der Waals surface area contributed by atoms with Gasteiger partial charge in [-0.1, -0.05) is 0 Å². The molecule has 1 aliphatic heterocycles. The summed E-state index contributed by atoms with van der Waals surface area (Å²) in [5.74, 6) is 0. The number of hydrogen-bond donors (Lipinski definition) is 0. The topological polar surface area (TPSA) is 44.8 Å². The summed E-state index contributed by atoms with van der Waals surface area (Å²) in [6.07, 6.45) is -0.227. The Morgan fingerprint density at radius 3 is 2.90 bits per heavy atom. The molecule has 1 aliphatic rings. The van der Waals surface area contributed by atoms with E-state index in [2.05, 4.69) is 0 Å².